The molecule has 8 heteroatoms. The fraction of sp³-hybridized carbons (Fsp3) is 0.0588. The average molecular weight is 561 g/mol. The first kappa shape index (κ1) is 18.0. The molecule has 1 heterocycles. The number of hydrogen-bond acceptors (Lipinski definition) is 3. The van der Waals surface area contributed by atoms with Crippen molar-refractivity contribution in [2.45, 2.75) is 6.04 Å². The number of amides is 3. The number of carbonyl (C=O) groups is 2. The normalized spacial score (nSPS) is 16.2. The highest BCUT2D eigenvalue weighted by Gasteiger charge is 2.23. The van der Waals surface area contributed by atoms with E-state index in [1.807, 2.05) is 18.2 Å². The summed E-state index contributed by atoms with van der Waals surface area (Å²) >= 11 is 4.31. The monoisotopic (exact) mass is 561 g/mol. The predicted octanol–water partition coefficient (Wildman–Crippen LogP) is 4.15. The van der Waals surface area contributed by atoms with E-state index in [4.69, 9.17) is 0 Å². The Kier molecular flexibility index (Phi) is 5.47. The van der Waals surface area contributed by atoms with Crippen LogP contribution < -0.4 is 16.0 Å². The van der Waals surface area contributed by atoms with Crippen LogP contribution in [0, 0.1) is 7.14 Å². The Morgan fingerprint density at radius 1 is 1.16 bits per heavy atom. The lowest BCUT2D eigenvalue weighted by Gasteiger charge is -2.17. The molecule has 0 aliphatic carbocycles. The molecular formula is C17H13I2N3O3. The van der Waals surface area contributed by atoms with Gasteiger partial charge in [0.1, 0.15) is 0 Å². The van der Waals surface area contributed by atoms with Crippen LogP contribution in [0.4, 0.5) is 16.2 Å². The minimum Gasteiger partial charge on any atom is -0.503 e. The predicted molar refractivity (Wildman–Crippen MR) is 113 cm³/mol. The summed E-state index contributed by atoms with van der Waals surface area (Å²) in [5.41, 5.74) is 1.92. The average Bonchev–Trinajstić information content (AvgIpc) is 2.68. The summed E-state index contributed by atoms with van der Waals surface area (Å²) in [5.74, 6) is -1.05. The van der Waals surface area contributed by atoms with Gasteiger partial charge in [-0.1, -0.05) is 18.2 Å². The topological polar surface area (TPSA) is 90.5 Å². The number of halogens is 2. The molecule has 3 amide bonds. The van der Waals surface area contributed by atoms with Gasteiger partial charge in [-0.15, -0.1) is 0 Å². The highest BCUT2D eigenvalue weighted by atomic mass is 127. The number of urea groups is 1. The van der Waals surface area contributed by atoms with Crippen LogP contribution >= 0.6 is 45.2 Å². The summed E-state index contributed by atoms with van der Waals surface area (Å²) in [6, 6.07) is 11.7. The number of aliphatic hydroxyl groups excluding tert-OH is 1. The van der Waals surface area contributed by atoms with Crippen LogP contribution in [0.1, 0.15) is 11.6 Å². The zero-order valence-corrected chi connectivity index (χ0v) is 17.0. The van der Waals surface area contributed by atoms with Crippen molar-refractivity contribution < 1.29 is 14.7 Å². The highest BCUT2D eigenvalue weighted by Crippen LogP contribution is 2.28. The molecule has 0 bridgehead atoms. The van der Waals surface area contributed by atoms with E-state index in [0.717, 1.165) is 7.14 Å². The molecule has 2 aromatic carbocycles. The maximum atomic E-state index is 12.4. The Morgan fingerprint density at radius 2 is 1.92 bits per heavy atom. The third-order valence-corrected chi connectivity index (χ3v) is 5.18. The van der Waals surface area contributed by atoms with Gasteiger partial charge in [0.05, 0.1) is 11.7 Å². The molecule has 1 aliphatic rings. The number of fused-ring (bicyclic) bond motifs is 1. The SMILES string of the molecule is O=C(Nc1cc(I)ccc1I)NC1C=C(O)C(=O)Nc2ccccc21. The van der Waals surface area contributed by atoms with Gasteiger partial charge in [-0.25, -0.2) is 4.79 Å². The first-order valence-corrected chi connectivity index (χ1v) is 9.43. The van der Waals surface area contributed by atoms with Gasteiger partial charge in [0, 0.05) is 18.4 Å². The molecule has 0 spiro atoms. The smallest absolute Gasteiger partial charge is 0.320 e. The van der Waals surface area contributed by atoms with Gasteiger partial charge < -0.3 is 21.1 Å². The Hall–Kier alpha value is -1.82. The van der Waals surface area contributed by atoms with E-state index in [1.165, 1.54) is 6.08 Å². The van der Waals surface area contributed by atoms with Crippen molar-refractivity contribution in [3.63, 3.8) is 0 Å². The molecule has 0 radical (unpaired) electrons. The fourth-order valence-electron chi connectivity index (χ4n) is 2.40. The summed E-state index contributed by atoms with van der Waals surface area (Å²) in [4.78, 5) is 24.2. The van der Waals surface area contributed by atoms with Crippen LogP contribution in [-0.2, 0) is 4.79 Å². The quantitative estimate of drug-likeness (QED) is 0.416. The van der Waals surface area contributed by atoms with E-state index in [0.29, 0.717) is 16.9 Å². The second kappa shape index (κ2) is 7.60. The van der Waals surface area contributed by atoms with Gasteiger partial charge >= 0.3 is 6.03 Å². The molecule has 2 aromatic rings. The van der Waals surface area contributed by atoms with Gasteiger partial charge in [-0.05, 0) is 75.5 Å². The van der Waals surface area contributed by atoms with Gasteiger partial charge in [-0.3, -0.25) is 4.79 Å². The van der Waals surface area contributed by atoms with Crippen LogP contribution in [0.25, 0.3) is 0 Å². The zero-order valence-electron chi connectivity index (χ0n) is 12.7. The summed E-state index contributed by atoms with van der Waals surface area (Å²) in [5, 5.41) is 18.0. The minimum atomic E-state index is -0.643. The number of carbonyl (C=O) groups excluding carboxylic acids is 2. The fourth-order valence-corrected chi connectivity index (χ4v) is 3.37. The van der Waals surface area contributed by atoms with Crippen LogP contribution in [-0.4, -0.2) is 17.0 Å². The molecule has 3 rings (SSSR count). The van der Waals surface area contributed by atoms with Crippen LogP contribution in [0.5, 0.6) is 0 Å². The second-order valence-electron chi connectivity index (χ2n) is 5.29. The molecule has 6 nitrogen and oxygen atoms in total. The number of benzene rings is 2. The maximum absolute atomic E-state index is 12.4. The number of aliphatic hydroxyl groups is 1. The minimum absolute atomic E-state index is 0.432. The second-order valence-corrected chi connectivity index (χ2v) is 7.70. The van der Waals surface area contributed by atoms with Crippen LogP contribution in [0.3, 0.4) is 0 Å². The maximum Gasteiger partial charge on any atom is 0.320 e. The van der Waals surface area contributed by atoms with Gasteiger partial charge in [0.2, 0.25) is 0 Å². The third kappa shape index (κ3) is 4.24. The van der Waals surface area contributed by atoms with Crippen LogP contribution in [0.15, 0.2) is 54.3 Å². The Labute approximate surface area is 171 Å². The number of anilines is 2. The summed E-state index contributed by atoms with van der Waals surface area (Å²) in [7, 11) is 0. The van der Waals surface area contributed by atoms with Crippen molar-refractivity contribution in [3.05, 3.63) is 67.0 Å². The van der Waals surface area contributed by atoms with Crippen molar-refractivity contribution in [3.8, 4) is 0 Å². The Morgan fingerprint density at radius 3 is 2.72 bits per heavy atom. The molecule has 128 valence electrons. The lowest BCUT2D eigenvalue weighted by Crippen LogP contribution is -2.32. The molecule has 0 saturated carbocycles. The number of nitrogens with one attached hydrogen (secondary N) is 3. The standard InChI is InChI=1S/C17H13I2N3O3/c18-9-5-6-11(19)14(7-9)22-17(25)21-13-8-15(23)16(24)20-12-4-2-1-3-10(12)13/h1-8,13,23H,(H,20,24)(H2,21,22,25). The van der Waals surface area contributed by atoms with E-state index in [-0.39, 0.29) is 0 Å². The van der Waals surface area contributed by atoms with E-state index >= 15 is 0 Å². The number of hydrogen-bond donors (Lipinski definition) is 4. The lowest BCUT2D eigenvalue weighted by molar-refractivity contribution is -0.115. The van der Waals surface area contributed by atoms with Gasteiger partial charge in [0.15, 0.2) is 5.76 Å². The Balaban J connectivity index is 1.84. The van der Waals surface area contributed by atoms with Gasteiger partial charge in [-0.2, -0.15) is 0 Å². The summed E-state index contributed by atoms with van der Waals surface area (Å²) < 4.78 is 1.91. The largest absolute Gasteiger partial charge is 0.503 e. The van der Waals surface area contributed by atoms with Crippen molar-refractivity contribution in [1.29, 1.82) is 0 Å². The van der Waals surface area contributed by atoms with E-state index in [9.17, 15) is 14.7 Å². The first-order valence-electron chi connectivity index (χ1n) is 7.27. The Bertz CT molecular complexity index is 883. The summed E-state index contributed by atoms with van der Waals surface area (Å²) in [6.45, 7) is 0. The van der Waals surface area contributed by atoms with Crippen molar-refractivity contribution >= 4 is 68.5 Å². The molecule has 0 aromatic heterocycles. The molecule has 1 atom stereocenters. The highest BCUT2D eigenvalue weighted by molar-refractivity contribution is 14.1. The molecule has 1 unspecified atom stereocenters. The van der Waals surface area contributed by atoms with Crippen molar-refractivity contribution in [1.82, 2.24) is 5.32 Å². The molecule has 4 N–H and O–H groups in total. The molecule has 0 saturated heterocycles. The van der Waals surface area contributed by atoms with E-state index in [2.05, 4.69) is 61.1 Å². The lowest BCUT2D eigenvalue weighted by atomic mass is 10.1. The first-order chi connectivity index (χ1) is 11.9. The number of rotatable bonds is 2. The van der Waals surface area contributed by atoms with Gasteiger partial charge in [0.25, 0.3) is 5.91 Å². The number of para-hydroxylation sites is 1. The van der Waals surface area contributed by atoms with Crippen LogP contribution in [0.2, 0.25) is 0 Å². The van der Waals surface area contributed by atoms with E-state index in [1.54, 1.807) is 24.3 Å². The molecule has 1 aliphatic heterocycles. The summed E-state index contributed by atoms with van der Waals surface area (Å²) in [6.07, 6.45) is 1.32. The molecule has 25 heavy (non-hydrogen) atoms. The zero-order chi connectivity index (χ0) is 18.0. The molecule has 0 fully saturated rings. The van der Waals surface area contributed by atoms with Crippen molar-refractivity contribution in [2.75, 3.05) is 10.6 Å². The third-order valence-electron chi connectivity index (χ3n) is 3.56. The molecular weight excluding hydrogens is 548 g/mol. The van der Waals surface area contributed by atoms with E-state index < -0.39 is 23.7 Å². The van der Waals surface area contributed by atoms with Crippen molar-refractivity contribution in [2.24, 2.45) is 0 Å².